The predicted octanol–water partition coefficient (Wildman–Crippen LogP) is 4.38. The molecule has 0 radical (unpaired) electrons. The number of hydrogen-bond donors (Lipinski definition) is 1. The summed E-state index contributed by atoms with van der Waals surface area (Å²) in [5, 5.41) is 5.77. The van der Waals surface area contributed by atoms with E-state index < -0.39 is 0 Å². The SMILES string of the molecule is Cc1ccc(-c2cn(CC(=O)Nc3nccs3)c3cc(C)ccc3c2=O)cc1. The van der Waals surface area contributed by atoms with Gasteiger partial charge in [0.2, 0.25) is 5.91 Å². The molecule has 5 nitrogen and oxygen atoms in total. The maximum atomic E-state index is 13.1. The van der Waals surface area contributed by atoms with Crippen LogP contribution in [0.5, 0.6) is 0 Å². The molecular formula is C22H19N3O2S. The summed E-state index contributed by atoms with van der Waals surface area (Å²) in [5.41, 5.74) is 4.29. The number of nitrogens with one attached hydrogen (secondary N) is 1. The molecule has 2 aromatic heterocycles. The third-order valence-corrected chi connectivity index (χ3v) is 5.28. The first kappa shape index (κ1) is 18.1. The molecule has 2 heterocycles. The van der Waals surface area contributed by atoms with E-state index in [2.05, 4.69) is 10.3 Å². The summed E-state index contributed by atoms with van der Waals surface area (Å²) in [5.74, 6) is -0.184. The highest BCUT2D eigenvalue weighted by Gasteiger charge is 2.14. The molecule has 4 aromatic rings. The zero-order valence-corrected chi connectivity index (χ0v) is 16.4. The Kier molecular flexibility index (Phi) is 4.79. The fourth-order valence-corrected chi connectivity index (χ4v) is 3.71. The number of rotatable bonds is 4. The molecule has 1 amide bonds. The van der Waals surface area contributed by atoms with Crippen LogP contribution in [0.15, 0.2) is 65.0 Å². The Balaban J connectivity index is 1.82. The molecule has 0 saturated heterocycles. The van der Waals surface area contributed by atoms with Crippen molar-refractivity contribution in [2.24, 2.45) is 0 Å². The number of fused-ring (bicyclic) bond motifs is 1. The van der Waals surface area contributed by atoms with Crippen molar-refractivity contribution < 1.29 is 4.79 Å². The van der Waals surface area contributed by atoms with Crippen LogP contribution >= 0.6 is 11.3 Å². The zero-order chi connectivity index (χ0) is 19.7. The number of benzene rings is 2. The molecule has 2 aromatic carbocycles. The normalized spacial score (nSPS) is 10.9. The van der Waals surface area contributed by atoms with Gasteiger partial charge in [-0.05, 0) is 37.1 Å². The van der Waals surface area contributed by atoms with Crippen LogP contribution in [0.25, 0.3) is 22.0 Å². The van der Waals surface area contributed by atoms with Crippen LogP contribution in [0.1, 0.15) is 11.1 Å². The third kappa shape index (κ3) is 3.59. The fraction of sp³-hybridized carbons (Fsp3) is 0.136. The largest absolute Gasteiger partial charge is 0.337 e. The predicted molar refractivity (Wildman–Crippen MR) is 114 cm³/mol. The van der Waals surface area contributed by atoms with Gasteiger partial charge in [0.1, 0.15) is 6.54 Å². The van der Waals surface area contributed by atoms with Crippen LogP contribution in [0.4, 0.5) is 5.13 Å². The molecule has 140 valence electrons. The van der Waals surface area contributed by atoms with Gasteiger partial charge in [0, 0.05) is 28.7 Å². The van der Waals surface area contributed by atoms with Gasteiger partial charge in [-0.2, -0.15) is 0 Å². The highest BCUT2D eigenvalue weighted by molar-refractivity contribution is 7.13. The number of anilines is 1. The Hall–Kier alpha value is -3.25. The van der Waals surface area contributed by atoms with E-state index in [0.29, 0.717) is 16.1 Å². The summed E-state index contributed by atoms with van der Waals surface area (Å²) in [4.78, 5) is 29.7. The van der Waals surface area contributed by atoms with E-state index in [1.807, 2.05) is 66.3 Å². The molecular weight excluding hydrogens is 370 g/mol. The van der Waals surface area contributed by atoms with Crippen LogP contribution < -0.4 is 10.7 Å². The Bertz CT molecular complexity index is 1210. The van der Waals surface area contributed by atoms with Crippen molar-refractivity contribution in [1.29, 1.82) is 0 Å². The van der Waals surface area contributed by atoms with Crippen molar-refractivity contribution in [3.63, 3.8) is 0 Å². The molecule has 0 bridgehead atoms. The van der Waals surface area contributed by atoms with Gasteiger partial charge < -0.3 is 9.88 Å². The molecule has 0 aliphatic carbocycles. The van der Waals surface area contributed by atoms with Gasteiger partial charge in [0.05, 0.1) is 5.52 Å². The highest BCUT2D eigenvalue weighted by Crippen LogP contribution is 2.22. The van der Waals surface area contributed by atoms with Gasteiger partial charge in [0.25, 0.3) is 0 Å². The Morgan fingerprint density at radius 1 is 1.11 bits per heavy atom. The van der Waals surface area contributed by atoms with Gasteiger partial charge >= 0.3 is 0 Å². The second-order valence-corrected chi connectivity index (χ2v) is 7.67. The quantitative estimate of drug-likeness (QED) is 0.563. The summed E-state index contributed by atoms with van der Waals surface area (Å²) in [6, 6.07) is 13.5. The van der Waals surface area contributed by atoms with Crippen molar-refractivity contribution in [1.82, 2.24) is 9.55 Å². The lowest BCUT2D eigenvalue weighted by atomic mass is 10.0. The first-order chi connectivity index (χ1) is 13.5. The summed E-state index contributed by atoms with van der Waals surface area (Å²) in [7, 11) is 0. The van der Waals surface area contributed by atoms with Gasteiger partial charge in [-0.25, -0.2) is 4.98 Å². The molecule has 0 saturated carbocycles. The van der Waals surface area contributed by atoms with Crippen molar-refractivity contribution in [3.05, 3.63) is 81.6 Å². The Morgan fingerprint density at radius 3 is 2.57 bits per heavy atom. The molecule has 0 aliphatic rings. The van der Waals surface area contributed by atoms with Crippen molar-refractivity contribution >= 4 is 33.3 Å². The second-order valence-electron chi connectivity index (χ2n) is 6.77. The minimum atomic E-state index is -0.184. The number of thiazole rings is 1. The Morgan fingerprint density at radius 2 is 1.86 bits per heavy atom. The standard InChI is InChI=1S/C22H19N3O2S/c1-14-3-6-16(7-4-14)18-12-25(13-20(26)24-22-23-9-10-28-22)19-11-15(2)5-8-17(19)21(18)27/h3-12H,13H2,1-2H3,(H,23,24,26). The van der Waals surface area contributed by atoms with Gasteiger partial charge in [0.15, 0.2) is 10.6 Å². The van der Waals surface area contributed by atoms with Crippen LogP contribution in [0, 0.1) is 13.8 Å². The summed E-state index contributed by atoms with van der Waals surface area (Å²) in [6.45, 7) is 4.07. The van der Waals surface area contributed by atoms with E-state index >= 15 is 0 Å². The first-order valence-electron chi connectivity index (χ1n) is 8.91. The third-order valence-electron chi connectivity index (χ3n) is 4.59. The van der Waals surface area contributed by atoms with E-state index in [1.165, 1.54) is 11.3 Å². The monoisotopic (exact) mass is 389 g/mol. The fourth-order valence-electron chi connectivity index (χ4n) is 3.17. The number of carbonyl (C=O) groups excluding carboxylic acids is 1. The highest BCUT2D eigenvalue weighted by atomic mass is 32.1. The number of aromatic nitrogens is 2. The lowest BCUT2D eigenvalue weighted by molar-refractivity contribution is -0.116. The van der Waals surface area contributed by atoms with Crippen LogP contribution in [-0.4, -0.2) is 15.5 Å². The molecule has 6 heteroatoms. The molecule has 0 fully saturated rings. The number of aryl methyl sites for hydroxylation is 2. The van der Waals surface area contributed by atoms with Crippen LogP contribution in [0.3, 0.4) is 0 Å². The smallest absolute Gasteiger partial charge is 0.246 e. The minimum absolute atomic E-state index is 0.0320. The molecule has 0 spiro atoms. The molecule has 0 atom stereocenters. The van der Waals surface area contributed by atoms with Gasteiger partial charge in [-0.15, -0.1) is 11.3 Å². The molecule has 4 rings (SSSR count). The molecule has 0 aliphatic heterocycles. The van der Waals surface area contributed by atoms with Crippen LogP contribution in [0.2, 0.25) is 0 Å². The van der Waals surface area contributed by atoms with E-state index in [4.69, 9.17) is 0 Å². The lowest BCUT2D eigenvalue weighted by Crippen LogP contribution is -2.21. The van der Waals surface area contributed by atoms with E-state index in [9.17, 15) is 9.59 Å². The van der Waals surface area contributed by atoms with Crippen molar-refractivity contribution in [2.45, 2.75) is 20.4 Å². The average molecular weight is 389 g/mol. The van der Waals surface area contributed by atoms with E-state index in [1.54, 1.807) is 12.4 Å². The number of nitrogens with zero attached hydrogens (tertiary/aromatic N) is 2. The topological polar surface area (TPSA) is 64.0 Å². The minimum Gasteiger partial charge on any atom is -0.337 e. The second kappa shape index (κ2) is 7.40. The van der Waals surface area contributed by atoms with Crippen molar-refractivity contribution in [3.8, 4) is 11.1 Å². The zero-order valence-electron chi connectivity index (χ0n) is 15.6. The lowest BCUT2D eigenvalue weighted by Gasteiger charge is -2.14. The van der Waals surface area contributed by atoms with Crippen LogP contribution in [-0.2, 0) is 11.3 Å². The molecule has 1 N–H and O–H groups in total. The van der Waals surface area contributed by atoms with Gasteiger partial charge in [-0.3, -0.25) is 9.59 Å². The summed E-state index contributed by atoms with van der Waals surface area (Å²) >= 11 is 1.37. The molecule has 0 unspecified atom stereocenters. The van der Waals surface area contributed by atoms with E-state index in [-0.39, 0.29) is 17.9 Å². The number of hydrogen-bond acceptors (Lipinski definition) is 4. The summed E-state index contributed by atoms with van der Waals surface area (Å²) < 4.78 is 1.84. The maximum Gasteiger partial charge on any atom is 0.246 e. The Labute approximate surface area is 166 Å². The average Bonchev–Trinajstić information content (AvgIpc) is 3.17. The number of carbonyl (C=O) groups is 1. The van der Waals surface area contributed by atoms with E-state index in [0.717, 1.165) is 22.2 Å². The van der Waals surface area contributed by atoms with Crippen molar-refractivity contribution in [2.75, 3.05) is 5.32 Å². The van der Waals surface area contributed by atoms with Gasteiger partial charge in [-0.1, -0.05) is 35.9 Å². The first-order valence-corrected chi connectivity index (χ1v) is 9.79. The maximum absolute atomic E-state index is 13.1. The number of amides is 1. The number of pyridine rings is 1. The molecule has 28 heavy (non-hydrogen) atoms. The summed E-state index contributed by atoms with van der Waals surface area (Å²) in [6.07, 6.45) is 3.42.